The first-order valence-corrected chi connectivity index (χ1v) is 2.91. The van der Waals surface area contributed by atoms with Crippen molar-refractivity contribution in [1.82, 2.24) is 0 Å². The van der Waals surface area contributed by atoms with Crippen LogP contribution in [0.2, 0.25) is 0 Å². The van der Waals surface area contributed by atoms with E-state index < -0.39 is 31.2 Å². The van der Waals surface area contributed by atoms with Gasteiger partial charge in [0.05, 0.1) is 0 Å². The Morgan fingerprint density at radius 3 is 1.92 bits per heavy atom. The van der Waals surface area contributed by atoms with Crippen LogP contribution in [0.4, 0.5) is 22.4 Å². The first kappa shape index (κ1) is 9.08. The highest BCUT2D eigenvalue weighted by Crippen LogP contribution is 2.33. The maximum atomic E-state index is 12.0. The second kappa shape index (κ2) is 2.80. The minimum absolute atomic E-state index is 1.11. The number of rotatable bonds is 2. The molecule has 70 valence electrons. The highest BCUT2D eigenvalue weighted by atomic mass is 19.3. The lowest BCUT2D eigenvalue weighted by Crippen LogP contribution is -2.47. The number of ether oxygens (including phenoxy) is 2. The number of hydrogen-bond acceptors (Lipinski definition) is 3. The molecule has 1 aliphatic rings. The normalized spacial score (nSPS) is 21.3. The third-order valence-corrected chi connectivity index (χ3v) is 1.43. The maximum absolute atomic E-state index is 12.0. The van der Waals surface area contributed by atoms with Gasteiger partial charge < -0.3 is 9.47 Å². The van der Waals surface area contributed by atoms with E-state index in [0.717, 1.165) is 0 Å². The molecule has 7 heteroatoms. The van der Waals surface area contributed by atoms with Gasteiger partial charge >= 0.3 is 6.16 Å². The van der Waals surface area contributed by atoms with Gasteiger partial charge in [-0.15, -0.1) is 0 Å². The second-order valence-electron chi connectivity index (χ2n) is 2.20. The predicted octanol–water partition coefficient (Wildman–Crippen LogP) is 1.42. The third kappa shape index (κ3) is 1.19. The van der Waals surface area contributed by atoms with Gasteiger partial charge in [0.15, 0.2) is 0 Å². The number of halogens is 4. The number of hydrogen-bond donors (Lipinski definition) is 0. The number of alkyl halides is 4. The molecule has 0 atom stereocenters. The molecule has 3 nitrogen and oxygen atoms in total. The van der Waals surface area contributed by atoms with Crippen LogP contribution in [0.3, 0.4) is 0 Å². The zero-order valence-electron chi connectivity index (χ0n) is 5.60. The van der Waals surface area contributed by atoms with Gasteiger partial charge in [-0.3, -0.25) is 0 Å². The Balaban J connectivity index is 2.81. The van der Waals surface area contributed by atoms with Crippen molar-refractivity contribution >= 4 is 6.16 Å². The summed E-state index contributed by atoms with van der Waals surface area (Å²) in [5, 5.41) is 0. The summed E-state index contributed by atoms with van der Waals surface area (Å²) in [6, 6.07) is 0. The van der Waals surface area contributed by atoms with Crippen molar-refractivity contribution in [2.75, 3.05) is 6.61 Å². The predicted molar refractivity (Wildman–Crippen MR) is 27.2 cm³/mol. The Bertz CT molecular complexity index is 185. The lowest BCUT2D eigenvalue weighted by molar-refractivity contribution is -0.156. The molecule has 0 aliphatic carbocycles. The molecular weight excluding hydrogens is 184 g/mol. The fraction of sp³-hybridized carbons (Fsp3) is 0.800. The van der Waals surface area contributed by atoms with Crippen LogP contribution in [0, 0.1) is 0 Å². The van der Waals surface area contributed by atoms with Crippen LogP contribution in [-0.2, 0) is 9.47 Å². The molecule has 1 saturated heterocycles. The minimum atomic E-state index is -3.45. The summed E-state index contributed by atoms with van der Waals surface area (Å²) in [5.41, 5.74) is -3.07. The standard InChI is InChI=1S/C5H4F4O3/c6-2(7)5(3(8)9)1-11-4(10)12-5/h2-3H,1H2. The van der Waals surface area contributed by atoms with Crippen LogP contribution in [0.15, 0.2) is 0 Å². The highest BCUT2D eigenvalue weighted by Gasteiger charge is 2.58. The van der Waals surface area contributed by atoms with E-state index in [1.165, 1.54) is 0 Å². The van der Waals surface area contributed by atoms with Gasteiger partial charge in [-0.05, 0) is 0 Å². The minimum Gasteiger partial charge on any atom is -0.430 e. The fourth-order valence-corrected chi connectivity index (χ4v) is 0.696. The Morgan fingerprint density at radius 2 is 1.75 bits per heavy atom. The zero-order chi connectivity index (χ0) is 9.35. The Hall–Kier alpha value is -1.01. The van der Waals surface area contributed by atoms with Crippen molar-refractivity contribution in [2.45, 2.75) is 18.5 Å². The van der Waals surface area contributed by atoms with E-state index in [2.05, 4.69) is 9.47 Å². The van der Waals surface area contributed by atoms with E-state index in [0.29, 0.717) is 0 Å². The molecule has 0 unspecified atom stereocenters. The van der Waals surface area contributed by atoms with Gasteiger partial charge in [-0.25, -0.2) is 22.4 Å². The summed E-state index contributed by atoms with van der Waals surface area (Å²) in [7, 11) is 0. The van der Waals surface area contributed by atoms with E-state index in [-0.39, 0.29) is 0 Å². The van der Waals surface area contributed by atoms with E-state index in [9.17, 15) is 22.4 Å². The number of carbonyl (C=O) groups excluding carboxylic acids is 1. The van der Waals surface area contributed by atoms with Gasteiger partial charge in [-0.2, -0.15) is 0 Å². The third-order valence-electron chi connectivity index (χ3n) is 1.43. The molecule has 0 aromatic carbocycles. The summed E-state index contributed by atoms with van der Waals surface area (Å²) in [5.74, 6) is 0. The number of carbonyl (C=O) groups is 1. The molecule has 0 spiro atoms. The van der Waals surface area contributed by atoms with Gasteiger partial charge in [0.2, 0.25) is 0 Å². The highest BCUT2D eigenvalue weighted by molar-refractivity contribution is 5.63. The van der Waals surface area contributed by atoms with E-state index in [1.54, 1.807) is 0 Å². The smallest absolute Gasteiger partial charge is 0.430 e. The molecule has 1 fully saturated rings. The van der Waals surface area contributed by atoms with Crippen LogP contribution in [0.5, 0.6) is 0 Å². The Labute approximate surface area is 64.2 Å². The number of cyclic esters (lactones) is 2. The molecule has 0 aromatic heterocycles. The van der Waals surface area contributed by atoms with Crippen LogP contribution in [0.25, 0.3) is 0 Å². The van der Waals surface area contributed by atoms with Gasteiger partial charge in [0, 0.05) is 0 Å². The molecule has 12 heavy (non-hydrogen) atoms. The van der Waals surface area contributed by atoms with E-state index >= 15 is 0 Å². The molecule has 1 heterocycles. The second-order valence-corrected chi connectivity index (χ2v) is 2.20. The molecular formula is C5H4F4O3. The van der Waals surface area contributed by atoms with Crippen molar-refractivity contribution in [3.63, 3.8) is 0 Å². The molecule has 0 bridgehead atoms. The molecule has 1 rings (SSSR count). The van der Waals surface area contributed by atoms with Gasteiger partial charge in [0.1, 0.15) is 6.61 Å². The molecule has 0 amide bonds. The summed E-state index contributed by atoms with van der Waals surface area (Å²) >= 11 is 0. The SMILES string of the molecule is O=C1OCC(C(F)F)(C(F)F)O1. The topological polar surface area (TPSA) is 35.5 Å². The van der Waals surface area contributed by atoms with Gasteiger partial charge in [-0.1, -0.05) is 0 Å². The molecule has 0 radical (unpaired) electrons. The Kier molecular flexibility index (Phi) is 2.12. The quantitative estimate of drug-likeness (QED) is 0.485. The van der Waals surface area contributed by atoms with Crippen LogP contribution < -0.4 is 0 Å². The maximum Gasteiger partial charge on any atom is 0.509 e. The largest absolute Gasteiger partial charge is 0.509 e. The molecule has 0 aromatic rings. The summed E-state index contributed by atoms with van der Waals surface area (Å²) in [6.07, 6.45) is -8.40. The first-order valence-electron chi connectivity index (χ1n) is 2.91. The Morgan fingerprint density at radius 1 is 1.25 bits per heavy atom. The zero-order valence-corrected chi connectivity index (χ0v) is 5.60. The summed E-state index contributed by atoms with van der Waals surface area (Å²) in [6.45, 7) is -1.11. The summed E-state index contributed by atoms with van der Waals surface area (Å²) < 4.78 is 55.5. The van der Waals surface area contributed by atoms with Crippen molar-refractivity contribution in [3.8, 4) is 0 Å². The lowest BCUT2D eigenvalue weighted by atomic mass is 10.1. The van der Waals surface area contributed by atoms with Gasteiger partial charge in [0.25, 0.3) is 18.5 Å². The monoisotopic (exact) mass is 188 g/mol. The van der Waals surface area contributed by atoms with Crippen molar-refractivity contribution < 1.29 is 31.8 Å². The first-order chi connectivity index (χ1) is 5.49. The van der Waals surface area contributed by atoms with Crippen LogP contribution in [0.1, 0.15) is 0 Å². The molecule has 1 aliphatic heterocycles. The lowest BCUT2D eigenvalue weighted by Gasteiger charge is -2.21. The van der Waals surface area contributed by atoms with Crippen LogP contribution >= 0.6 is 0 Å². The van der Waals surface area contributed by atoms with Crippen LogP contribution in [-0.4, -0.2) is 31.2 Å². The summed E-state index contributed by atoms with van der Waals surface area (Å²) in [4.78, 5) is 10.2. The fourth-order valence-electron chi connectivity index (χ4n) is 0.696. The molecule has 0 N–H and O–H groups in total. The van der Waals surface area contributed by atoms with Crippen molar-refractivity contribution in [2.24, 2.45) is 0 Å². The average molecular weight is 188 g/mol. The average Bonchev–Trinajstić information content (AvgIpc) is 2.32. The van der Waals surface area contributed by atoms with Crippen molar-refractivity contribution in [3.05, 3.63) is 0 Å². The van der Waals surface area contributed by atoms with Crippen molar-refractivity contribution in [1.29, 1.82) is 0 Å². The van der Waals surface area contributed by atoms with E-state index in [1.807, 2.05) is 0 Å². The van der Waals surface area contributed by atoms with E-state index in [4.69, 9.17) is 0 Å². The molecule has 0 saturated carbocycles.